The van der Waals surface area contributed by atoms with E-state index in [1.54, 1.807) is 25.1 Å². The molecule has 0 N–H and O–H groups in total. The van der Waals surface area contributed by atoms with Gasteiger partial charge in [-0.3, -0.25) is 4.57 Å². The number of hydrogen-bond donors (Lipinski definition) is 0. The number of halogens is 2. The number of nitrogens with zero attached hydrogens (tertiary/aromatic N) is 2. The van der Waals surface area contributed by atoms with Gasteiger partial charge in [-0.15, -0.1) is 0 Å². The van der Waals surface area contributed by atoms with E-state index in [0.29, 0.717) is 28.0 Å². The SMILES string of the molecule is CCOC(=O)c1nc(-c2ccccc2Cl)n(-c2ccc(Cl)cc2)c1CC. The summed E-state index contributed by atoms with van der Waals surface area (Å²) in [6.45, 7) is 4.04. The maximum absolute atomic E-state index is 12.4. The first-order chi connectivity index (χ1) is 12.6. The van der Waals surface area contributed by atoms with Crippen LogP contribution in [0.2, 0.25) is 10.0 Å². The van der Waals surface area contributed by atoms with Gasteiger partial charge >= 0.3 is 5.97 Å². The molecule has 0 aliphatic carbocycles. The molecule has 0 bridgehead atoms. The van der Waals surface area contributed by atoms with Gasteiger partial charge in [0.25, 0.3) is 0 Å². The molecular weight excluding hydrogens is 371 g/mol. The van der Waals surface area contributed by atoms with E-state index in [2.05, 4.69) is 4.98 Å². The summed E-state index contributed by atoms with van der Waals surface area (Å²) in [5.41, 5.74) is 2.67. The molecule has 1 aromatic heterocycles. The maximum Gasteiger partial charge on any atom is 0.358 e. The summed E-state index contributed by atoms with van der Waals surface area (Å²) in [6, 6.07) is 14.8. The lowest BCUT2D eigenvalue weighted by atomic mass is 10.2. The van der Waals surface area contributed by atoms with Crippen LogP contribution in [0, 0.1) is 0 Å². The molecule has 0 aliphatic rings. The summed E-state index contributed by atoms with van der Waals surface area (Å²) in [5, 5.41) is 1.20. The van der Waals surface area contributed by atoms with Crippen LogP contribution in [-0.4, -0.2) is 22.1 Å². The van der Waals surface area contributed by atoms with Gasteiger partial charge < -0.3 is 4.74 Å². The fraction of sp³-hybridized carbons (Fsp3) is 0.200. The average molecular weight is 389 g/mol. The number of carbonyl (C=O) groups excluding carboxylic acids is 1. The van der Waals surface area contributed by atoms with E-state index >= 15 is 0 Å². The Bertz CT molecular complexity index is 933. The van der Waals surface area contributed by atoms with E-state index in [1.807, 2.05) is 41.8 Å². The number of hydrogen-bond acceptors (Lipinski definition) is 3. The molecule has 0 amide bonds. The van der Waals surface area contributed by atoms with E-state index in [1.165, 1.54) is 0 Å². The fourth-order valence-corrected chi connectivity index (χ4v) is 3.18. The molecule has 0 unspecified atom stereocenters. The van der Waals surface area contributed by atoms with Gasteiger partial charge in [0.15, 0.2) is 5.69 Å². The first-order valence-electron chi connectivity index (χ1n) is 8.36. The number of imidazole rings is 1. The monoisotopic (exact) mass is 388 g/mol. The van der Waals surface area contributed by atoms with Crippen LogP contribution in [0.25, 0.3) is 17.1 Å². The highest BCUT2D eigenvalue weighted by atomic mass is 35.5. The molecule has 3 aromatic rings. The Morgan fingerprint density at radius 1 is 1.08 bits per heavy atom. The van der Waals surface area contributed by atoms with Crippen LogP contribution in [0.5, 0.6) is 0 Å². The molecule has 26 heavy (non-hydrogen) atoms. The van der Waals surface area contributed by atoms with Gasteiger partial charge in [-0.1, -0.05) is 42.3 Å². The van der Waals surface area contributed by atoms with Crippen molar-refractivity contribution in [3.05, 3.63) is 70.0 Å². The Kier molecular flexibility index (Phi) is 5.64. The van der Waals surface area contributed by atoms with Crippen molar-refractivity contribution in [3.8, 4) is 17.1 Å². The summed E-state index contributed by atoms with van der Waals surface area (Å²) in [6.07, 6.45) is 0.605. The minimum absolute atomic E-state index is 0.289. The highest BCUT2D eigenvalue weighted by Gasteiger charge is 2.25. The number of aromatic nitrogens is 2. The molecule has 4 nitrogen and oxygen atoms in total. The predicted octanol–water partition coefficient (Wildman–Crippen LogP) is 5.59. The molecule has 3 rings (SSSR count). The molecule has 0 saturated carbocycles. The number of benzene rings is 2. The highest BCUT2D eigenvalue weighted by molar-refractivity contribution is 6.33. The lowest BCUT2D eigenvalue weighted by molar-refractivity contribution is 0.0518. The summed E-state index contributed by atoms with van der Waals surface area (Å²) >= 11 is 12.4. The van der Waals surface area contributed by atoms with Gasteiger partial charge in [0.1, 0.15) is 5.82 Å². The molecule has 0 saturated heterocycles. The van der Waals surface area contributed by atoms with Crippen LogP contribution in [0.4, 0.5) is 0 Å². The van der Waals surface area contributed by atoms with Crippen molar-refractivity contribution >= 4 is 29.2 Å². The van der Waals surface area contributed by atoms with Crippen molar-refractivity contribution in [1.29, 1.82) is 0 Å². The van der Waals surface area contributed by atoms with E-state index < -0.39 is 5.97 Å². The number of carbonyl (C=O) groups is 1. The Morgan fingerprint density at radius 3 is 2.38 bits per heavy atom. The third kappa shape index (κ3) is 3.48. The minimum Gasteiger partial charge on any atom is -0.461 e. The van der Waals surface area contributed by atoms with Gasteiger partial charge in [-0.2, -0.15) is 0 Å². The van der Waals surface area contributed by atoms with Crippen molar-refractivity contribution in [2.24, 2.45) is 0 Å². The second kappa shape index (κ2) is 7.94. The van der Waals surface area contributed by atoms with Crippen molar-refractivity contribution in [2.75, 3.05) is 6.61 Å². The van der Waals surface area contributed by atoms with E-state index in [0.717, 1.165) is 16.9 Å². The Labute approximate surface area is 162 Å². The van der Waals surface area contributed by atoms with Gasteiger partial charge in [-0.05, 0) is 49.7 Å². The van der Waals surface area contributed by atoms with Crippen LogP contribution in [0.3, 0.4) is 0 Å². The van der Waals surface area contributed by atoms with Crippen molar-refractivity contribution in [1.82, 2.24) is 9.55 Å². The molecule has 0 atom stereocenters. The summed E-state index contributed by atoms with van der Waals surface area (Å²) in [4.78, 5) is 17.0. The molecule has 6 heteroatoms. The number of rotatable bonds is 5. The highest BCUT2D eigenvalue weighted by Crippen LogP contribution is 2.32. The van der Waals surface area contributed by atoms with Crippen molar-refractivity contribution in [3.63, 3.8) is 0 Å². The minimum atomic E-state index is -0.439. The zero-order valence-corrected chi connectivity index (χ0v) is 16.0. The zero-order valence-electron chi connectivity index (χ0n) is 14.5. The molecule has 0 radical (unpaired) electrons. The third-order valence-corrected chi connectivity index (χ3v) is 4.56. The van der Waals surface area contributed by atoms with Crippen LogP contribution < -0.4 is 0 Å². The summed E-state index contributed by atoms with van der Waals surface area (Å²) < 4.78 is 7.13. The maximum atomic E-state index is 12.4. The van der Waals surface area contributed by atoms with Crippen LogP contribution in [-0.2, 0) is 11.2 Å². The first-order valence-corrected chi connectivity index (χ1v) is 9.12. The Morgan fingerprint density at radius 2 is 1.77 bits per heavy atom. The third-order valence-electron chi connectivity index (χ3n) is 3.98. The largest absolute Gasteiger partial charge is 0.461 e. The second-order valence-corrected chi connectivity index (χ2v) is 6.44. The topological polar surface area (TPSA) is 44.1 Å². The smallest absolute Gasteiger partial charge is 0.358 e. The fourth-order valence-electron chi connectivity index (χ4n) is 2.83. The van der Waals surface area contributed by atoms with E-state index in [4.69, 9.17) is 27.9 Å². The van der Waals surface area contributed by atoms with Crippen molar-refractivity contribution in [2.45, 2.75) is 20.3 Å². The summed E-state index contributed by atoms with van der Waals surface area (Å²) in [7, 11) is 0. The predicted molar refractivity (Wildman–Crippen MR) is 104 cm³/mol. The molecule has 2 aromatic carbocycles. The van der Waals surface area contributed by atoms with Crippen LogP contribution >= 0.6 is 23.2 Å². The van der Waals surface area contributed by atoms with Crippen molar-refractivity contribution < 1.29 is 9.53 Å². The Balaban J connectivity index is 2.30. The molecule has 0 spiro atoms. The van der Waals surface area contributed by atoms with Gasteiger partial charge in [0, 0.05) is 16.3 Å². The average Bonchev–Trinajstić information content (AvgIpc) is 3.02. The molecule has 1 heterocycles. The molecule has 134 valence electrons. The normalized spacial score (nSPS) is 10.8. The molecule has 0 fully saturated rings. The Hall–Kier alpha value is -2.30. The quantitative estimate of drug-likeness (QED) is 0.535. The summed E-state index contributed by atoms with van der Waals surface area (Å²) in [5.74, 6) is 0.156. The van der Waals surface area contributed by atoms with E-state index in [-0.39, 0.29) is 6.61 Å². The number of esters is 1. The second-order valence-electron chi connectivity index (χ2n) is 5.60. The van der Waals surface area contributed by atoms with Crippen LogP contribution in [0.15, 0.2) is 48.5 Å². The lowest BCUT2D eigenvalue weighted by Crippen LogP contribution is -2.09. The van der Waals surface area contributed by atoms with Gasteiger partial charge in [0.2, 0.25) is 0 Å². The molecular formula is C20H18Cl2N2O2. The zero-order chi connectivity index (χ0) is 18.7. The number of ether oxygens (including phenoxy) is 1. The van der Waals surface area contributed by atoms with E-state index in [9.17, 15) is 4.79 Å². The standard InChI is InChI=1S/C20H18Cl2N2O2/c1-3-17-18(20(25)26-4-2)23-19(15-7-5-6-8-16(15)22)24(17)14-11-9-13(21)10-12-14/h5-12H,3-4H2,1-2H3. The molecule has 0 aliphatic heterocycles. The lowest BCUT2D eigenvalue weighted by Gasteiger charge is -2.12. The van der Waals surface area contributed by atoms with Crippen LogP contribution in [0.1, 0.15) is 30.0 Å². The van der Waals surface area contributed by atoms with Gasteiger partial charge in [0.05, 0.1) is 17.3 Å². The first kappa shape index (κ1) is 18.5. The van der Waals surface area contributed by atoms with Gasteiger partial charge in [-0.25, -0.2) is 9.78 Å².